The van der Waals surface area contributed by atoms with Crippen molar-refractivity contribution in [1.82, 2.24) is 9.78 Å². The van der Waals surface area contributed by atoms with Gasteiger partial charge < -0.3 is 0 Å². The predicted molar refractivity (Wildman–Crippen MR) is 54.5 cm³/mol. The average Bonchev–Trinajstić information content (AvgIpc) is 2.29. The van der Waals surface area contributed by atoms with E-state index in [-0.39, 0.29) is 0 Å². The zero-order valence-electron chi connectivity index (χ0n) is 7.08. The molecular formula is C8H10IN3. The molecule has 0 aliphatic heterocycles. The van der Waals surface area contributed by atoms with Crippen molar-refractivity contribution >= 4 is 22.6 Å². The van der Waals surface area contributed by atoms with Crippen LogP contribution >= 0.6 is 22.6 Å². The molecule has 1 heterocycles. The first-order valence-corrected chi connectivity index (χ1v) is 4.84. The Bertz CT molecular complexity index is 309. The highest BCUT2D eigenvalue weighted by Crippen LogP contribution is 2.09. The van der Waals surface area contributed by atoms with E-state index in [2.05, 4.69) is 47.6 Å². The topological polar surface area (TPSA) is 41.6 Å². The molecule has 0 atom stereocenters. The van der Waals surface area contributed by atoms with Crippen molar-refractivity contribution in [2.45, 2.75) is 20.4 Å². The van der Waals surface area contributed by atoms with Gasteiger partial charge in [0.25, 0.3) is 0 Å². The van der Waals surface area contributed by atoms with Crippen LogP contribution in [0.2, 0.25) is 0 Å². The lowest BCUT2D eigenvalue weighted by molar-refractivity contribution is 0.481. The van der Waals surface area contributed by atoms with E-state index in [1.165, 1.54) is 0 Å². The van der Waals surface area contributed by atoms with Gasteiger partial charge in [0.05, 0.1) is 0 Å². The van der Waals surface area contributed by atoms with Gasteiger partial charge in [0.15, 0.2) is 0 Å². The van der Waals surface area contributed by atoms with Crippen molar-refractivity contribution in [2.24, 2.45) is 5.92 Å². The van der Waals surface area contributed by atoms with Crippen molar-refractivity contribution in [3.05, 3.63) is 15.5 Å². The van der Waals surface area contributed by atoms with E-state index in [1.807, 2.05) is 4.68 Å². The van der Waals surface area contributed by atoms with Crippen molar-refractivity contribution < 1.29 is 0 Å². The highest BCUT2D eigenvalue weighted by atomic mass is 127. The molecule has 0 unspecified atom stereocenters. The minimum atomic E-state index is 0.562. The van der Waals surface area contributed by atoms with E-state index in [0.717, 1.165) is 10.2 Å². The SMILES string of the molecule is CC(C)Cn1cc(C#N)c(I)n1. The molecule has 64 valence electrons. The zero-order chi connectivity index (χ0) is 9.14. The van der Waals surface area contributed by atoms with E-state index >= 15 is 0 Å². The van der Waals surface area contributed by atoms with Crippen LogP contribution in [0.15, 0.2) is 6.20 Å². The number of hydrogen-bond donors (Lipinski definition) is 0. The smallest absolute Gasteiger partial charge is 0.141 e. The Morgan fingerprint density at radius 3 is 2.83 bits per heavy atom. The van der Waals surface area contributed by atoms with Crippen LogP contribution in [0.4, 0.5) is 0 Å². The predicted octanol–water partition coefficient (Wildman–Crippen LogP) is 2.02. The highest BCUT2D eigenvalue weighted by molar-refractivity contribution is 14.1. The molecule has 3 nitrogen and oxygen atoms in total. The molecule has 0 amide bonds. The van der Waals surface area contributed by atoms with Gasteiger partial charge in [-0.3, -0.25) is 4.68 Å². The largest absolute Gasteiger partial charge is 0.270 e. The Hall–Kier alpha value is -0.570. The van der Waals surface area contributed by atoms with E-state index in [0.29, 0.717) is 11.5 Å². The fourth-order valence-corrected chi connectivity index (χ4v) is 1.48. The van der Waals surface area contributed by atoms with Crippen LogP contribution in [-0.2, 0) is 6.54 Å². The molecule has 0 aliphatic carbocycles. The van der Waals surface area contributed by atoms with Crippen LogP contribution in [0.5, 0.6) is 0 Å². The Balaban J connectivity index is 2.84. The molecule has 1 aromatic heterocycles. The third kappa shape index (κ3) is 2.21. The second-order valence-electron chi connectivity index (χ2n) is 3.06. The quantitative estimate of drug-likeness (QED) is 0.775. The van der Waals surface area contributed by atoms with Crippen molar-refractivity contribution in [3.8, 4) is 6.07 Å². The minimum Gasteiger partial charge on any atom is -0.270 e. The summed E-state index contributed by atoms with van der Waals surface area (Å²) in [6.07, 6.45) is 1.79. The minimum absolute atomic E-state index is 0.562. The van der Waals surface area contributed by atoms with E-state index in [4.69, 9.17) is 5.26 Å². The van der Waals surface area contributed by atoms with E-state index in [9.17, 15) is 0 Å². The monoisotopic (exact) mass is 275 g/mol. The van der Waals surface area contributed by atoms with Gasteiger partial charge in [-0.05, 0) is 28.5 Å². The highest BCUT2D eigenvalue weighted by Gasteiger charge is 2.05. The summed E-state index contributed by atoms with van der Waals surface area (Å²) in [5.74, 6) is 0.562. The van der Waals surface area contributed by atoms with Crippen molar-refractivity contribution in [3.63, 3.8) is 0 Å². The van der Waals surface area contributed by atoms with Gasteiger partial charge in [-0.1, -0.05) is 13.8 Å². The fraction of sp³-hybridized carbons (Fsp3) is 0.500. The molecule has 1 rings (SSSR count). The molecule has 1 aromatic rings. The first-order chi connectivity index (χ1) is 5.63. The van der Waals surface area contributed by atoms with E-state index < -0.39 is 0 Å². The van der Waals surface area contributed by atoms with Crippen LogP contribution in [0.25, 0.3) is 0 Å². The second kappa shape index (κ2) is 3.90. The summed E-state index contributed by atoms with van der Waals surface area (Å²) >= 11 is 2.07. The lowest BCUT2D eigenvalue weighted by Crippen LogP contribution is -2.04. The summed E-state index contributed by atoms with van der Waals surface area (Å²) in [6, 6.07) is 2.10. The van der Waals surface area contributed by atoms with Crippen LogP contribution < -0.4 is 0 Å². The van der Waals surface area contributed by atoms with Crippen molar-refractivity contribution in [1.29, 1.82) is 5.26 Å². The molecule has 12 heavy (non-hydrogen) atoms. The molecule has 0 saturated heterocycles. The molecule has 0 aromatic carbocycles. The summed E-state index contributed by atoms with van der Waals surface area (Å²) in [4.78, 5) is 0. The standard InChI is InChI=1S/C8H10IN3/c1-6(2)4-12-5-7(3-10)8(9)11-12/h5-6H,4H2,1-2H3. The number of aromatic nitrogens is 2. The van der Waals surface area contributed by atoms with Gasteiger partial charge in [-0.15, -0.1) is 0 Å². The van der Waals surface area contributed by atoms with Crippen LogP contribution in [0.3, 0.4) is 0 Å². The molecule has 0 bridgehead atoms. The number of nitrogens with zero attached hydrogens (tertiary/aromatic N) is 3. The fourth-order valence-electron chi connectivity index (χ4n) is 0.940. The average molecular weight is 275 g/mol. The van der Waals surface area contributed by atoms with Crippen LogP contribution in [0.1, 0.15) is 19.4 Å². The van der Waals surface area contributed by atoms with Gasteiger partial charge in [-0.25, -0.2) is 0 Å². The summed E-state index contributed by atoms with van der Waals surface area (Å²) in [7, 11) is 0. The van der Waals surface area contributed by atoms with Gasteiger partial charge >= 0.3 is 0 Å². The maximum absolute atomic E-state index is 8.66. The maximum Gasteiger partial charge on any atom is 0.141 e. The first kappa shape index (κ1) is 9.52. The Labute approximate surface area is 85.5 Å². The number of nitriles is 1. The van der Waals surface area contributed by atoms with Crippen LogP contribution in [-0.4, -0.2) is 9.78 Å². The van der Waals surface area contributed by atoms with Gasteiger partial charge in [0, 0.05) is 12.7 Å². The molecule has 0 spiro atoms. The Morgan fingerprint density at radius 1 is 1.75 bits per heavy atom. The molecule has 4 heteroatoms. The summed E-state index contributed by atoms with van der Waals surface area (Å²) in [6.45, 7) is 5.12. The molecular weight excluding hydrogens is 265 g/mol. The third-order valence-electron chi connectivity index (χ3n) is 1.39. The van der Waals surface area contributed by atoms with Gasteiger partial charge in [-0.2, -0.15) is 10.4 Å². The zero-order valence-corrected chi connectivity index (χ0v) is 9.24. The lowest BCUT2D eigenvalue weighted by atomic mass is 10.2. The lowest BCUT2D eigenvalue weighted by Gasteiger charge is -2.02. The maximum atomic E-state index is 8.66. The number of halogens is 1. The number of rotatable bonds is 2. The Morgan fingerprint density at radius 2 is 2.42 bits per heavy atom. The molecule has 0 N–H and O–H groups in total. The van der Waals surface area contributed by atoms with Gasteiger partial charge in [0.2, 0.25) is 0 Å². The third-order valence-corrected chi connectivity index (χ3v) is 2.19. The summed E-state index contributed by atoms with van der Waals surface area (Å²) in [5, 5.41) is 12.9. The van der Waals surface area contributed by atoms with Gasteiger partial charge in [0.1, 0.15) is 15.3 Å². The second-order valence-corrected chi connectivity index (χ2v) is 4.08. The summed E-state index contributed by atoms with van der Waals surface area (Å²) < 4.78 is 2.61. The van der Waals surface area contributed by atoms with Crippen LogP contribution in [0, 0.1) is 20.9 Å². The molecule has 0 fully saturated rings. The molecule has 0 saturated carbocycles. The summed E-state index contributed by atoms with van der Waals surface area (Å²) in [5.41, 5.74) is 0.663. The van der Waals surface area contributed by atoms with E-state index in [1.54, 1.807) is 6.20 Å². The number of hydrogen-bond acceptors (Lipinski definition) is 2. The molecule has 0 aliphatic rings. The van der Waals surface area contributed by atoms with Crippen molar-refractivity contribution in [2.75, 3.05) is 0 Å². The molecule has 0 radical (unpaired) electrons. The first-order valence-electron chi connectivity index (χ1n) is 3.76. The normalized spacial score (nSPS) is 10.2. The Kier molecular flexibility index (Phi) is 3.09.